The minimum absolute atomic E-state index is 0.0257. The Kier molecular flexibility index (Phi) is 4.66. The SMILES string of the molecule is Cc1ccc(S(=O)(=O)Oc2ccc(-c3nc(N)nc(N)c3C#N)cc2)cc1. The van der Waals surface area contributed by atoms with Crippen LogP contribution in [0.2, 0.25) is 0 Å². The first-order valence-corrected chi connectivity index (χ1v) is 9.15. The normalized spacial score (nSPS) is 11.0. The summed E-state index contributed by atoms with van der Waals surface area (Å²) in [7, 11) is -3.95. The summed E-state index contributed by atoms with van der Waals surface area (Å²) in [5.41, 5.74) is 13.1. The zero-order chi connectivity index (χ0) is 19.6. The predicted octanol–water partition coefficient (Wildman–Crippen LogP) is 2.26. The van der Waals surface area contributed by atoms with Gasteiger partial charge in [0.05, 0.1) is 5.69 Å². The topological polar surface area (TPSA) is 145 Å². The Morgan fingerprint density at radius 1 is 1.00 bits per heavy atom. The fourth-order valence-corrected chi connectivity index (χ4v) is 3.29. The first kappa shape index (κ1) is 18.2. The molecule has 0 aliphatic rings. The molecule has 3 rings (SSSR count). The van der Waals surface area contributed by atoms with Crippen LogP contribution in [-0.2, 0) is 10.1 Å². The fourth-order valence-electron chi connectivity index (χ4n) is 2.36. The van der Waals surface area contributed by atoms with E-state index >= 15 is 0 Å². The third-order valence-electron chi connectivity index (χ3n) is 3.71. The number of aromatic nitrogens is 2. The summed E-state index contributed by atoms with van der Waals surface area (Å²) in [5.74, 6) is 0.0267. The fraction of sp³-hybridized carbons (Fsp3) is 0.0556. The molecule has 0 unspecified atom stereocenters. The van der Waals surface area contributed by atoms with Gasteiger partial charge in [0.25, 0.3) is 0 Å². The highest BCUT2D eigenvalue weighted by atomic mass is 32.2. The zero-order valence-corrected chi connectivity index (χ0v) is 15.1. The van der Waals surface area contributed by atoms with Crippen molar-refractivity contribution < 1.29 is 12.6 Å². The van der Waals surface area contributed by atoms with Crippen LogP contribution < -0.4 is 15.7 Å². The number of nitriles is 1. The lowest BCUT2D eigenvalue weighted by atomic mass is 10.1. The average molecular weight is 381 g/mol. The van der Waals surface area contributed by atoms with Crippen LogP contribution in [0.15, 0.2) is 53.4 Å². The van der Waals surface area contributed by atoms with Gasteiger partial charge in [-0.05, 0) is 43.3 Å². The van der Waals surface area contributed by atoms with E-state index in [0.29, 0.717) is 5.56 Å². The molecule has 0 spiro atoms. The molecule has 0 radical (unpaired) electrons. The molecule has 1 aromatic heterocycles. The summed E-state index contributed by atoms with van der Waals surface area (Å²) < 4.78 is 29.8. The Labute approximate surface area is 156 Å². The Morgan fingerprint density at radius 3 is 2.22 bits per heavy atom. The zero-order valence-electron chi connectivity index (χ0n) is 14.2. The second kappa shape index (κ2) is 6.93. The van der Waals surface area contributed by atoms with Gasteiger partial charge in [0.2, 0.25) is 5.95 Å². The second-order valence-electron chi connectivity index (χ2n) is 5.68. The summed E-state index contributed by atoms with van der Waals surface area (Å²) in [5, 5.41) is 9.25. The minimum Gasteiger partial charge on any atom is -0.382 e. The van der Waals surface area contributed by atoms with Gasteiger partial charge >= 0.3 is 10.1 Å². The monoisotopic (exact) mass is 381 g/mol. The molecule has 2 aromatic carbocycles. The lowest BCUT2D eigenvalue weighted by molar-refractivity contribution is 0.486. The van der Waals surface area contributed by atoms with E-state index in [2.05, 4.69) is 9.97 Å². The lowest BCUT2D eigenvalue weighted by Gasteiger charge is -2.09. The number of hydrogen-bond acceptors (Lipinski definition) is 8. The smallest absolute Gasteiger partial charge is 0.339 e. The summed E-state index contributed by atoms with van der Waals surface area (Å²) in [6, 6.07) is 14.3. The van der Waals surface area contributed by atoms with Crippen LogP contribution in [0, 0.1) is 18.3 Å². The Hall–Kier alpha value is -3.64. The third kappa shape index (κ3) is 3.80. The highest BCUT2D eigenvalue weighted by molar-refractivity contribution is 7.87. The van der Waals surface area contributed by atoms with E-state index in [1.54, 1.807) is 24.3 Å². The van der Waals surface area contributed by atoms with E-state index in [1.807, 2.05) is 13.0 Å². The van der Waals surface area contributed by atoms with Crippen molar-refractivity contribution >= 4 is 21.9 Å². The molecule has 1 heterocycles. The number of nitrogen functional groups attached to an aromatic ring is 2. The van der Waals surface area contributed by atoms with Crippen LogP contribution >= 0.6 is 0 Å². The lowest BCUT2D eigenvalue weighted by Crippen LogP contribution is -2.09. The number of nitrogens with zero attached hydrogens (tertiary/aromatic N) is 3. The van der Waals surface area contributed by atoms with Crippen LogP contribution in [0.5, 0.6) is 5.75 Å². The maximum absolute atomic E-state index is 12.3. The van der Waals surface area contributed by atoms with Crippen LogP contribution in [0.4, 0.5) is 11.8 Å². The Bertz CT molecular complexity index is 1140. The average Bonchev–Trinajstić information content (AvgIpc) is 2.62. The molecule has 27 heavy (non-hydrogen) atoms. The van der Waals surface area contributed by atoms with E-state index in [-0.39, 0.29) is 33.7 Å². The number of benzene rings is 2. The van der Waals surface area contributed by atoms with E-state index in [4.69, 9.17) is 15.7 Å². The van der Waals surface area contributed by atoms with Gasteiger partial charge in [0, 0.05) is 5.56 Å². The molecule has 0 amide bonds. The van der Waals surface area contributed by atoms with Crippen molar-refractivity contribution in [2.45, 2.75) is 11.8 Å². The second-order valence-corrected chi connectivity index (χ2v) is 7.22. The molecule has 136 valence electrons. The van der Waals surface area contributed by atoms with Crippen LogP contribution in [-0.4, -0.2) is 18.4 Å². The summed E-state index contributed by atoms with van der Waals surface area (Å²) in [4.78, 5) is 7.85. The number of anilines is 2. The van der Waals surface area contributed by atoms with Crippen LogP contribution in [0.1, 0.15) is 11.1 Å². The molecule has 9 heteroatoms. The first-order chi connectivity index (χ1) is 12.8. The molecule has 0 aliphatic carbocycles. The summed E-state index contributed by atoms with van der Waals surface area (Å²) in [6.45, 7) is 1.86. The molecule has 0 fully saturated rings. The summed E-state index contributed by atoms with van der Waals surface area (Å²) in [6.07, 6.45) is 0. The molecule has 0 atom stereocenters. The maximum atomic E-state index is 12.3. The standard InChI is InChI=1S/C18H15N5O3S/c1-11-2-8-14(9-3-11)27(24,25)26-13-6-4-12(5-7-13)16-15(10-19)17(20)23-18(21)22-16/h2-9H,1H3,(H4,20,21,22,23). The summed E-state index contributed by atoms with van der Waals surface area (Å²) >= 11 is 0. The van der Waals surface area contributed by atoms with Crippen molar-refractivity contribution in [1.29, 1.82) is 5.26 Å². The molecular weight excluding hydrogens is 366 g/mol. The van der Waals surface area contributed by atoms with Crippen molar-refractivity contribution in [2.75, 3.05) is 11.5 Å². The van der Waals surface area contributed by atoms with Crippen molar-refractivity contribution in [1.82, 2.24) is 9.97 Å². The molecule has 4 N–H and O–H groups in total. The van der Waals surface area contributed by atoms with Gasteiger partial charge in [-0.15, -0.1) is 0 Å². The first-order valence-electron chi connectivity index (χ1n) is 7.75. The quantitative estimate of drug-likeness (QED) is 0.655. The van der Waals surface area contributed by atoms with E-state index < -0.39 is 10.1 Å². The van der Waals surface area contributed by atoms with Crippen LogP contribution in [0.25, 0.3) is 11.3 Å². The highest BCUT2D eigenvalue weighted by Gasteiger charge is 2.17. The van der Waals surface area contributed by atoms with Gasteiger partial charge in [-0.25, -0.2) is 4.98 Å². The highest BCUT2D eigenvalue weighted by Crippen LogP contribution is 2.28. The third-order valence-corrected chi connectivity index (χ3v) is 4.97. The van der Waals surface area contributed by atoms with E-state index in [9.17, 15) is 13.7 Å². The predicted molar refractivity (Wildman–Crippen MR) is 100 cm³/mol. The molecule has 3 aromatic rings. The Balaban J connectivity index is 1.91. The van der Waals surface area contributed by atoms with Gasteiger partial charge in [-0.2, -0.15) is 18.7 Å². The van der Waals surface area contributed by atoms with Gasteiger partial charge in [0.1, 0.15) is 28.1 Å². The molecule has 0 aliphatic heterocycles. The maximum Gasteiger partial charge on any atom is 0.339 e. The van der Waals surface area contributed by atoms with E-state index in [0.717, 1.165) is 5.56 Å². The molecule has 0 saturated heterocycles. The number of rotatable bonds is 4. The van der Waals surface area contributed by atoms with Crippen molar-refractivity contribution in [3.05, 3.63) is 59.7 Å². The minimum atomic E-state index is -3.95. The number of aryl methyl sites for hydroxylation is 1. The van der Waals surface area contributed by atoms with Gasteiger partial charge in [-0.3, -0.25) is 0 Å². The van der Waals surface area contributed by atoms with Gasteiger partial charge in [0.15, 0.2) is 0 Å². The largest absolute Gasteiger partial charge is 0.382 e. The van der Waals surface area contributed by atoms with Gasteiger partial charge in [-0.1, -0.05) is 17.7 Å². The molecule has 8 nitrogen and oxygen atoms in total. The van der Waals surface area contributed by atoms with E-state index in [1.165, 1.54) is 24.3 Å². The molecule has 0 bridgehead atoms. The molecule has 0 saturated carbocycles. The van der Waals surface area contributed by atoms with Crippen molar-refractivity contribution in [3.63, 3.8) is 0 Å². The number of nitrogens with two attached hydrogens (primary N) is 2. The molecular formula is C18H15N5O3S. The van der Waals surface area contributed by atoms with Crippen molar-refractivity contribution in [2.24, 2.45) is 0 Å². The van der Waals surface area contributed by atoms with Crippen LogP contribution in [0.3, 0.4) is 0 Å². The van der Waals surface area contributed by atoms with Crippen molar-refractivity contribution in [3.8, 4) is 23.1 Å². The van der Waals surface area contributed by atoms with Gasteiger partial charge < -0.3 is 15.7 Å². The number of hydrogen-bond donors (Lipinski definition) is 2. The Morgan fingerprint density at radius 2 is 1.63 bits per heavy atom.